The zero-order valence-electron chi connectivity index (χ0n) is 13.4. The van der Waals surface area contributed by atoms with Gasteiger partial charge in [-0.3, -0.25) is 0 Å². The maximum absolute atomic E-state index is 12.9. The van der Waals surface area contributed by atoms with Gasteiger partial charge in [-0.25, -0.2) is 22.4 Å². The molecule has 0 radical (unpaired) electrons. The molecule has 0 atom stereocenters. The van der Waals surface area contributed by atoms with Crippen molar-refractivity contribution >= 4 is 26.8 Å². The zero-order chi connectivity index (χ0) is 17.3. The Morgan fingerprint density at radius 2 is 1.92 bits per heavy atom. The van der Waals surface area contributed by atoms with Crippen LogP contribution < -0.4 is 0 Å². The van der Waals surface area contributed by atoms with Crippen molar-refractivity contribution in [2.24, 2.45) is 0 Å². The summed E-state index contributed by atoms with van der Waals surface area (Å²) in [5, 5.41) is 0.576. The van der Waals surface area contributed by atoms with Crippen molar-refractivity contribution in [1.82, 2.24) is 13.9 Å². The van der Waals surface area contributed by atoms with E-state index in [4.69, 9.17) is 4.74 Å². The minimum absolute atomic E-state index is 0.203. The lowest BCUT2D eigenvalue weighted by molar-refractivity contribution is 0.298. The second-order valence-corrected chi connectivity index (χ2v) is 7.06. The zero-order valence-corrected chi connectivity index (χ0v) is 14.2. The predicted molar refractivity (Wildman–Crippen MR) is 92.0 cm³/mol. The fourth-order valence-electron chi connectivity index (χ4n) is 2.41. The standard InChI is InChI=1S/C17H17N3O3S/c1-4-23-13(3)16-15-9-10-20(17(15)19-11-18-16)24(21,22)14-7-5-12(2)6-8-14/h5-11H,3-4H2,1-2H3. The van der Waals surface area contributed by atoms with Gasteiger partial charge in [0.1, 0.15) is 17.8 Å². The summed E-state index contributed by atoms with van der Waals surface area (Å²) in [6, 6.07) is 8.34. The molecule has 0 spiro atoms. The van der Waals surface area contributed by atoms with Crippen molar-refractivity contribution in [3.05, 3.63) is 60.7 Å². The van der Waals surface area contributed by atoms with Crippen LogP contribution in [0.3, 0.4) is 0 Å². The monoisotopic (exact) mass is 343 g/mol. The quantitative estimate of drug-likeness (QED) is 0.666. The van der Waals surface area contributed by atoms with Crippen LogP contribution in [0.15, 0.2) is 54.3 Å². The van der Waals surface area contributed by atoms with Crippen molar-refractivity contribution < 1.29 is 13.2 Å². The Balaban J connectivity index is 2.16. The third kappa shape index (κ3) is 2.67. The van der Waals surface area contributed by atoms with Crippen molar-refractivity contribution in [3.8, 4) is 0 Å². The number of hydrogen-bond acceptors (Lipinski definition) is 5. The molecule has 0 amide bonds. The Kier molecular flexibility index (Phi) is 4.11. The van der Waals surface area contributed by atoms with Crippen molar-refractivity contribution in [2.45, 2.75) is 18.7 Å². The number of benzene rings is 1. The Bertz CT molecular complexity index is 1010. The van der Waals surface area contributed by atoms with E-state index in [2.05, 4.69) is 16.5 Å². The van der Waals surface area contributed by atoms with Crippen molar-refractivity contribution in [1.29, 1.82) is 0 Å². The highest BCUT2D eigenvalue weighted by Gasteiger charge is 2.21. The number of aryl methyl sites for hydroxylation is 1. The molecule has 0 fully saturated rings. The van der Waals surface area contributed by atoms with Gasteiger partial charge in [0, 0.05) is 11.6 Å². The molecular formula is C17H17N3O3S. The van der Waals surface area contributed by atoms with E-state index in [1.54, 1.807) is 30.3 Å². The largest absolute Gasteiger partial charge is 0.492 e. The van der Waals surface area contributed by atoms with Crippen LogP contribution in [-0.2, 0) is 14.8 Å². The summed E-state index contributed by atoms with van der Waals surface area (Å²) in [5.41, 5.74) is 1.77. The van der Waals surface area contributed by atoms with Crippen LogP contribution in [-0.4, -0.2) is 29.0 Å². The summed E-state index contributed by atoms with van der Waals surface area (Å²) in [6.45, 7) is 8.03. The van der Waals surface area contributed by atoms with Gasteiger partial charge in [-0.15, -0.1) is 0 Å². The topological polar surface area (TPSA) is 74.1 Å². The molecule has 0 bridgehead atoms. The van der Waals surface area contributed by atoms with E-state index < -0.39 is 10.0 Å². The smallest absolute Gasteiger partial charge is 0.269 e. The highest BCUT2D eigenvalue weighted by molar-refractivity contribution is 7.90. The molecule has 124 valence electrons. The van der Waals surface area contributed by atoms with E-state index >= 15 is 0 Å². The molecule has 2 aromatic heterocycles. The van der Waals surface area contributed by atoms with Gasteiger partial charge in [0.05, 0.1) is 11.5 Å². The fourth-order valence-corrected chi connectivity index (χ4v) is 3.71. The Morgan fingerprint density at radius 1 is 1.21 bits per heavy atom. The summed E-state index contributed by atoms with van der Waals surface area (Å²) in [7, 11) is -3.74. The van der Waals surface area contributed by atoms with Crippen LogP contribution in [0.2, 0.25) is 0 Å². The average molecular weight is 343 g/mol. The molecule has 3 aromatic rings. The number of fused-ring (bicyclic) bond motifs is 1. The molecule has 0 N–H and O–H groups in total. The lowest BCUT2D eigenvalue weighted by Crippen LogP contribution is -2.12. The van der Waals surface area contributed by atoms with Crippen molar-refractivity contribution in [2.75, 3.05) is 6.61 Å². The second kappa shape index (κ2) is 6.09. The number of ether oxygens (including phenoxy) is 1. The lowest BCUT2D eigenvalue weighted by Gasteiger charge is -2.09. The van der Waals surface area contributed by atoms with Gasteiger partial charge in [-0.05, 0) is 32.0 Å². The molecule has 0 saturated heterocycles. The Hall–Kier alpha value is -2.67. The van der Waals surface area contributed by atoms with Crippen molar-refractivity contribution in [3.63, 3.8) is 0 Å². The van der Waals surface area contributed by atoms with Gasteiger partial charge in [0.25, 0.3) is 10.0 Å². The first-order valence-electron chi connectivity index (χ1n) is 7.41. The van der Waals surface area contributed by atoms with E-state index in [9.17, 15) is 8.42 Å². The maximum Gasteiger partial charge on any atom is 0.269 e. The molecule has 6 nitrogen and oxygen atoms in total. The molecule has 0 aliphatic heterocycles. The van der Waals surface area contributed by atoms with Gasteiger partial charge in [0.15, 0.2) is 5.65 Å². The normalized spacial score (nSPS) is 11.6. The average Bonchev–Trinajstić information content (AvgIpc) is 3.00. The SMILES string of the molecule is C=C(OCC)c1ncnc2c1ccn2S(=O)(=O)c1ccc(C)cc1. The molecule has 1 aromatic carbocycles. The van der Waals surface area contributed by atoms with Crippen LogP contribution in [0.4, 0.5) is 0 Å². The van der Waals surface area contributed by atoms with Crippen LogP contribution in [0.5, 0.6) is 0 Å². The molecule has 2 heterocycles. The van der Waals surface area contributed by atoms with Crippen LogP contribution in [0.1, 0.15) is 18.2 Å². The highest BCUT2D eigenvalue weighted by atomic mass is 32.2. The van der Waals surface area contributed by atoms with Gasteiger partial charge in [-0.2, -0.15) is 0 Å². The minimum atomic E-state index is -3.74. The summed E-state index contributed by atoms with van der Waals surface area (Å²) in [4.78, 5) is 8.49. The third-order valence-electron chi connectivity index (χ3n) is 3.61. The number of rotatable bonds is 5. The first kappa shape index (κ1) is 16.2. The number of nitrogens with zero attached hydrogens (tertiary/aromatic N) is 3. The third-order valence-corrected chi connectivity index (χ3v) is 5.29. The first-order chi connectivity index (χ1) is 11.4. The molecule has 0 aliphatic carbocycles. The predicted octanol–water partition coefficient (Wildman–Crippen LogP) is 2.98. The van der Waals surface area contributed by atoms with E-state index in [1.165, 1.54) is 12.5 Å². The molecule has 7 heteroatoms. The summed E-state index contributed by atoms with van der Waals surface area (Å²) < 4.78 is 32.3. The lowest BCUT2D eigenvalue weighted by atomic mass is 10.2. The Morgan fingerprint density at radius 3 is 2.58 bits per heavy atom. The maximum atomic E-state index is 12.9. The number of aromatic nitrogens is 3. The van der Waals surface area contributed by atoms with Gasteiger partial charge in [-0.1, -0.05) is 24.3 Å². The summed E-state index contributed by atoms with van der Waals surface area (Å²) in [6.07, 6.45) is 2.78. The molecule has 3 rings (SSSR count). The van der Waals surface area contributed by atoms with E-state index in [1.807, 2.05) is 13.8 Å². The van der Waals surface area contributed by atoms with E-state index in [0.717, 1.165) is 9.54 Å². The first-order valence-corrected chi connectivity index (χ1v) is 8.85. The van der Waals surface area contributed by atoms with Crippen LogP contribution in [0.25, 0.3) is 16.8 Å². The van der Waals surface area contributed by atoms with Crippen LogP contribution >= 0.6 is 0 Å². The second-order valence-electron chi connectivity index (χ2n) is 5.25. The Labute approximate surface area is 140 Å². The highest BCUT2D eigenvalue weighted by Crippen LogP contribution is 2.25. The summed E-state index contributed by atoms with van der Waals surface area (Å²) in [5.74, 6) is 0.385. The molecule has 0 saturated carbocycles. The molecular weight excluding hydrogens is 326 g/mol. The fraction of sp³-hybridized carbons (Fsp3) is 0.176. The summed E-state index contributed by atoms with van der Waals surface area (Å²) >= 11 is 0. The van der Waals surface area contributed by atoms with Gasteiger partial charge in [0.2, 0.25) is 0 Å². The van der Waals surface area contributed by atoms with E-state index in [0.29, 0.717) is 29.1 Å². The van der Waals surface area contributed by atoms with Crippen LogP contribution in [0, 0.1) is 6.92 Å². The van der Waals surface area contributed by atoms with E-state index in [-0.39, 0.29) is 4.90 Å². The molecule has 24 heavy (non-hydrogen) atoms. The van der Waals surface area contributed by atoms with Gasteiger partial charge >= 0.3 is 0 Å². The minimum Gasteiger partial charge on any atom is -0.492 e. The molecule has 0 aliphatic rings. The van der Waals surface area contributed by atoms with Gasteiger partial charge < -0.3 is 4.74 Å². The number of hydrogen-bond donors (Lipinski definition) is 0. The molecule has 0 unspecified atom stereocenters.